The van der Waals surface area contributed by atoms with E-state index in [9.17, 15) is 23.1 Å². The van der Waals surface area contributed by atoms with E-state index in [0.717, 1.165) is 41.4 Å². The third-order valence-corrected chi connectivity index (χ3v) is 8.93. The molecular weight excluding hydrogens is 571 g/mol. The summed E-state index contributed by atoms with van der Waals surface area (Å²) >= 11 is 0. The number of ether oxygens (including phenoxy) is 1. The number of amides is 1. The van der Waals surface area contributed by atoms with Crippen molar-refractivity contribution in [2.75, 3.05) is 32.7 Å². The van der Waals surface area contributed by atoms with Gasteiger partial charge in [0.2, 0.25) is 5.91 Å². The highest BCUT2D eigenvalue weighted by Gasteiger charge is 2.43. The third-order valence-electron chi connectivity index (χ3n) is 8.93. The van der Waals surface area contributed by atoms with Gasteiger partial charge in [0.05, 0.1) is 17.4 Å². The maximum atomic E-state index is 14.0. The molecule has 3 aliphatic rings. The lowest BCUT2D eigenvalue weighted by Gasteiger charge is -2.30. The SMILES string of the molecule is O=C(Cc1ccc(CN2CCNCC2)c(C(F)(F)F)c1)N1CCc2ccc(Oc3ccnc4[nH]c(C5(O)CC5)cc34)cc2C1. The van der Waals surface area contributed by atoms with E-state index in [4.69, 9.17) is 4.74 Å². The van der Waals surface area contributed by atoms with Gasteiger partial charge < -0.3 is 25.0 Å². The number of H-pyrrole nitrogens is 1. The number of aromatic amines is 1. The maximum absolute atomic E-state index is 14.0. The molecule has 0 radical (unpaired) electrons. The van der Waals surface area contributed by atoms with Crippen molar-refractivity contribution in [2.24, 2.45) is 0 Å². The van der Waals surface area contributed by atoms with Gasteiger partial charge in [-0.2, -0.15) is 13.2 Å². The van der Waals surface area contributed by atoms with Crippen LogP contribution in [0, 0.1) is 0 Å². The smallest absolute Gasteiger partial charge is 0.416 e. The number of hydrogen-bond acceptors (Lipinski definition) is 6. The molecule has 11 heteroatoms. The first-order chi connectivity index (χ1) is 21.1. The van der Waals surface area contributed by atoms with Crippen molar-refractivity contribution in [1.29, 1.82) is 0 Å². The summed E-state index contributed by atoms with van der Waals surface area (Å²) in [5, 5.41) is 14.5. The van der Waals surface area contributed by atoms with E-state index in [0.29, 0.717) is 68.2 Å². The molecule has 4 heterocycles. The summed E-state index contributed by atoms with van der Waals surface area (Å²) in [5.41, 5.74) is 2.53. The van der Waals surface area contributed by atoms with Crippen LogP contribution in [0.3, 0.4) is 0 Å². The Balaban J connectivity index is 1.05. The fraction of sp³-hybridized carbons (Fsp3) is 0.394. The number of aromatic nitrogens is 2. The highest BCUT2D eigenvalue weighted by molar-refractivity contribution is 5.84. The van der Waals surface area contributed by atoms with E-state index in [1.165, 1.54) is 6.07 Å². The number of aliphatic hydroxyl groups is 1. The molecule has 1 saturated heterocycles. The van der Waals surface area contributed by atoms with Crippen molar-refractivity contribution >= 4 is 16.9 Å². The standard InChI is InChI=1S/C33H34F3N5O3/c34-33(35,36)27-15-21(1-2-23(27)19-40-13-10-37-11-14-40)16-30(42)41-12-6-22-3-4-25(17-24(22)20-41)44-28-5-9-38-31-26(28)18-29(39-31)32(43)7-8-32/h1-5,9,15,17-18,37,43H,6-8,10-14,16,19-20H2,(H,38,39). The molecule has 3 N–H and O–H groups in total. The molecule has 230 valence electrons. The second kappa shape index (κ2) is 11.2. The fourth-order valence-corrected chi connectivity index (χ4v) is 6.20. The molecule has 0 unspecified atom stereocenters. The van der Waals surface area contributed by atoms with E-state index in [1.807, 2.05) is 29.2 Å². The van der Waals surface area contributed by atoms with Crippen LogP contribution in [-0.4, -0.2) is 63.5 Å². The average Bonchev–Trinajstić information content (AvgIpc) is 3.60. The van der Waals surface area contributed by atoms with Gasteiger partial charge in [-0.25, -0.2) is 4.98 Å². The Morgan fingerprint density at radius 1 is 1.02 bits per heavy atom. The number of halogens is 3. The highest BCUT2D eigenvalue weighted by Crippen LogP contribution is 2.46. The molecule has 44 heavy (non-hydrogen) atoms. The van der Waals surface area contributed by atoms with Crippen LogP contribution in [-0.2, 0) is 42.5 Å². The lowest BCUT2D eigenvalue weighted by Crippen LogP contribution is -2.43. The Morgan fingerprint density at radius 3 is 2.61 bits per heavy atom. The number of alkyl halides is 3. The fourth-order valence-electron chi connectivity index (χ4n) is 6.20. The van der Waals surface area contributed by atoms with Gasteiger partial charge in [0, 0.05) is 57.7 Å². The number of nitrogens with one attached hydrogen (secondary N) is 2. The Hall–Kier alpha value is -3.93. The maximum Gasteiger partial charge on any atom is 0.416 e. The van der Waals surface area contributed by atoms with Crippen molar-refractivity contribution in [3.8, 4) is 11.5 Å². The van der Waals surface area contributed by atoms with Gasteiger partial charge in [0.25, 0.3) is 0 Å². The van der Waals surface area contributed by atoms with E-state index in [1.54, 1.807) is 23.2 Å². The lowest BCUT2D eigenvalue weighted by molar-refractivity contribution is -0.138. The number of carbonyl (C=O) groups excluding carboxylic acids is 1. The van der Waals surface area contributed by atoms with Crippen LogP contribution in [0.1, 0.15) is 46.4 Å². The molecule has 2 aliphatic heterocycles. The van der Waals surface area contributed by atoms with Crippen LogP contribution in [0.5, 0.6) is 11.5 Å². The molecule has 1 amide bonds. The first-order valence-electron chi connectivity index (χ1n) is 15.0. The van der Waals surface area contributed by atoms with Crippen molar-refractivity contribution in [3.05, 3.63) is 88.2 Å². The number of carbonyl (C=O) groups is 1. The molecule has 0 bridgehead atoms. The molecule has 1 saturated carbocycles. The topological polar surface area (TPSA) is 93.7 Å². The monoisotopic (exact) mass is 605 g/mol. The highest BCUT2D eigenvalue weighted by atomic mass is 19.4. The van der Waals surface area contributed by atoms with Gasteiger partial charge in [-0.05, 0) is 71.8 Å². The van der Waals surface area contributed by atoms with E-state index >= 15 is 0 Å². The van der Waals surface area contributed by atoms with Crippen LogP contribution in [0.4, 0.5) is 13.2 Å². The number of benzene rings is 2. The van der Waals surface area contributed by atoms with Crippen LogP contribution >= 0.6 is 0 Å². The Morgan fingerprint density at radius 2 is 1.84 bits per heavy atom. The number of rotatable bonds is 7. The van der Waals surface area contributed by atoms with Gasteiger partial charge in [-0.1, -0.05) is 18.2 Å². The molecule has 0 atom stereocenters. The number of nitrogens with zero attached hydrogens (tertiary/aromatic N) is 3. The summed E-state index contributed by atoms with van der Waals surface area (Å²) in [5.74, 6) is 0.998. The largest absolute Gasteiger partial charge is 0.457 e. The van der Waals surface area contributed by atoms with Crippen molar-refractivity contribution in [1.82, 2.24) is 25.1 Å². The van der Waals surface area contributed by atoms with Gasteiger partial charge in [-0.3, -0.25) is 9.69 Å². The second-order valence-corrected chi connectivity index (χ2v) is 12.1. The van der Waals surface area contributed by atoms with Crippen LogP contribution in [0.25, 0.3) is 11.0 Å². The van der Waals surface area contributed by atoms with Gasteiger partial charge in [0.1, 0.15) is 22.7 Å². The molecule has 7 rings (SSSR count). The molecule has 4 aromatic rings. The lowest BCUT2D eigenvalue weighted by atomic mass is 9.97. The number of fused-ring (bicyclic) bond motifs is 2. The molecule has 2 aromatic carbocycles. The summed E-state index contributed by atoms with van der Waals surface area (Å²) < 4.78 is 48.3. The quantitative estimate of drug-likeness (QED) is 0.278. The summed E-state index contributed by atoms with van der Waals surface area (Å²) in [6.07, 6.45) is -0.876. The third kappa shape index (κ3) is 5.91. The molecule has 2 aromatic heterocycles. The minimum absolute atomic E-state index is 0.0975. The Labute approximate surface area is 252 Å². The number of piperazine rings is 1. The van der Waals surface area contributed by atoms with Crippen LogP contribution in [0.15, 0.2) is 54.7 Å². The molecule has 0 spiro atoms. The first-order valence-corrected chi connectivity index (χ1v) is 15.0. The zero-order valence-corrected chi connectivity index (χ0v) is 24.2. The van der Waals surface area contributed by atoms with Crippen molar-refractivity contribution < 1.29 is 27.8 Å². The number of pyridine rings is 1. The second-order valence-electron chi connectivity index (χ2n) is 12.1. The predicted molar refractivity (Wildman–Crippen MR) is 158 cm³/mol. The molecule has 8 nitrogen and oxygen atoms in total. The average molecular weight is 606 g/mol. The summed E-state index contributed by atoms with van der Waals surface area (Å²) in [4.78, 5) is 24.6. The first kappa shape index (κ1) is 28.8. The molecule has 1 aliphatic carbocycles. The summed E-state index contributed by atoms with van der Waals surface area (Å²) in [7, 11) is 0. The molecule has 2 fully saturated rings. The molecular formula is C33H34F3N5O3. The van der Waals surface area contributed by atoms with Crippen molar-refractivity contribution in [2.45, 2.75) is 50.6 Å². The minimum atomic E-state index is -4.50. The van der Waals surface area contributed by atoms with Crippen LogP contribution < -0.4 is 10.1 Å². The van der Waals surface area contributed by atoms with Crippen molar-refractivity contribution in [3.63, 3.8) is 0 Å². The Bertz CT molecular complexity index is 1710. The number of hydrogen-bond donors (Lipinski definition) is 3. The zero-order chi connectivity index (χ0) is 30.5. The van der Waals surface area contributed by atoms with E-state index in [-0.39, 0.29) is 24.4 Å². The summed E-state index contributed by atoms with van der Waals surface area (Å²) in [6, 6.07) is 13.8. The van der Waals surface area contributed by atoms with Gasteiger partial charge >= 0.3 is 6.18 Å². The van der Waals surface area contributed by atoms with Gasteiger partial charge in [0.15, 0.2) is 0 Å². The minimum Gasteiger partial charge on any atom is -0.457 e. The Kier molecular flexibility index (Phi) is 7.34. The van der Waals surface area contributed by atoms with E-state index in [2.05, 4.69) is 15.3 Å². The predicted octanol–water partition coefficient (Wildman–Crippen LogP) is 4.89. The van der Waals surface area contributed by atoms with Gasteiger partial charge in [-0.15, -0.1) is 0 Å². The normalized spacial score (nSPS) is 18.3. The van der Waals surface area contributed by atoms with E-state index < -0.39 is 17.3 Å². The van der Waals surface area contributed by atoms with Crippen LogP contribution in [0.2, 0.25) is 0 Å². The summed E-state index contributed by atoms with van der Waals surface area (Å²) in [6.45, 7) is 4.00. The zero-order valence-electron chi connectivity index (χ0n) is 24.2.